The first kappa shape index (κ1) is 21.4. The summed E-state index contributed by atoms with van der Waals surface area (Å²) in [5.41, 5.74) is 4.88. The van der Waals surface area contributed by atoms with E-state index in [1.807, 2.05) is 19.1 Å². The van der Waals surface area contributed by atoms with Crippen LogP contribution in [-0.2, 0) is 4.79 Å². The van der Waals surface area contributed by atoms with Crippen molar-refractivity contribution in [3.05, 3.63) is 53.3 Å². The number of nitrogens with one attached hydrogen (secondary N) is 2. The number of nitrogens with two attached hydrogens (primary N) is 1. The van der Waals surface area contributed by atoms with Crippen LogP contribution in [0.1, 0.15) is 12.5 Å². The number of rotatable bonds is 8. The lowest BCUT2D eigenvalue weighted by molar-refractivity contribution is -0.113. The van der Waals surface area contributed by atoms with E-state index in [1.165, 1.54) is 11.8 Å². The second kappa shape index (κ2) is 9.94. The molecule has 0 fully saturated rings. The molecule has 2 aromatic heterocycles. The molecule has 0 bridgehead atoms. The van der Waals surface area contributed by atoms with Gasteiger partial charge < -0.3 is 15.9 Å². The number of anilines is 2. The van der Waals surface area contributed by atoms with Crippen molar-refractivity contribution in [3.8, 4) is 5.75 Å². The van der Waals surface area contributed by atoms with Crippen molar-refractivity contribution in [2.24, 2.45) is 5.10 Å². The van der Waals surface area contributed by atoms with Crippen LogP contribution in [0.5, 0.6) is 5.75 Å². The largest absolute Gasteiger partial charge is 0.495 e. The van der Waals surface area contributed by atoms with Crippen LogP contribution in [0, 0.1) is 0 Å². The van der Waals surface area contributed by atoms with Crippen molar-refractivity contribution >= 4 is 46.6 Å². The fraction of sp³-hybridized carbons (Fsp3) is 0.167. The van der Waals surface area contributed by atoms with E-state index in [4.69, 9.17) is 22.2 Å². The SMILES string of the molecule is COc1ccc(Cl)cc1NC(=O)CSc1nnc(N/N=C(\C)c2ccncc2)n1N. The number of nitrogens with zero attached hydrogens (tertiary/aromatic N) is 5. The van der Waals surface area contributed by atoms with Gasteiger partial charge >= 0.3 is 0 Å². The first-order valence-corrected chi connectivity index (χ1v) is 10.0. The highest BCUT2D eigenvalue weighted by Gasteiger charge is 2.14. The molecule has 156 valence electrons. The second-order valence-corrected chi connectivity index (χ2v) is 7.28. The van der Waals surface area contributed by atoms with Gasteiger partial charge in [-0.2, -0.15) is 5.10 Å². The minimum Gasteiger partial charge on any atom is -0.495 e. The Bertz CT molecular complexity index is 1060. The Morgan fingerprint density at radius 1 is 1.30 bits per heavy atom. The molecule has 2 heterocycles. The molecule has 10 nitrogen and oxygen atoms in total. The molecule has 0 saturated carbocycles. The van der Waals surface area contributed by atoms with Gasteiger partial charge in [0.1, 0.15) is 5.75 Å². The van der Waals surface area contributed by atoms with Crippen molar-refractivity contribution in [1.82, 2.24) is 19.9 Å². The van der Waals surface area contributed by atoms with Crippen LogP contribution in [0.2, 0.25) is 5.02 Å². The van der Waals surface area contributed by atoms with E-state index < -0.39 is 0 Å². The van der Waals surface area contributed by atoms with Crippen LogP contribution in [0.3, 0.4) is 0 Å². The highest BCUT2D eigenvalue weighted by atomic mass is 35.5. The summed E-state index contributed by atoms with van der Waals surface area (Å²) in [6.07, 6.45) is 3.36. The highest BCUT2D eigenvalue weighted by molar-refractivity contribution is 7.99. The Kier molecular flexibility index (Phi) is 7.09. The molecule has 0 atom stereocenters. The Labute approximate surface area is 181 Å². The number of hydrogen-bond acceptors (Lipinski definition) is 9. The number of carbonyl (C=O) groups excluding carboxylic acids is 1. The van der Waals surface area contributed by atoms with Gasteiger partial charge in [-0.05, 0) is 37.3 Å². The summed E-state index contributed by atoms with van der Waals surface area (Å²) in [6, 6.07) is 8.63. The zero-order valence-electron chi connectivity index (χ0n) is 16.2. The molecule has 0 saturated heterocycles. The monoisotopic (exact) mass is 446 g/mol. The zero-order chi connectivity index (χ0) is 21.5. The number of nitrogen functional groups attached to an aromatic ring is 1. The Morgan fingerprint density at radius 2 is 2.07 bits per heavy atom. The maximum atomic E-state index is 12.3. The highest BCUT2D eigenvalue weighted by Crippen LogP contribution is 2.28. The molecule has 1 amide bonds. The number of methoxy groups -OCH3 is 1. The molecule has 1 aromatic carbocycles. The molecule has 12 heteroatoms. The summed E-state index contributed by atoms with van der Waals surface area (Å²) in [5.74, 6) is 6.53. The average molecular weight is 447 g/mol. The number of amides is 1. The summed E-state index contributed by atoms with van der Waals surface area (Å²) in [4.78, 5) is 16.3. The van der Waals surface area contributed by atoms with E-state index >= 15 is 0 Å². The lowest BCUT2D eigenvalue weighted by Crippen LogP contribution is -2.17. The van der Waals surface area contributed by atoms with Crippen molar-refractivity contribution in [2.75, 3.05) is 29.4 Å². The predicted octanol–water partition coefficient (Wildman–Crippen LogP) is 2.62. The average Bonchev–Trinajstić information content (AvgIpc) is 3.10. The third-order valence-corrected chi connectivity index (χ3v) is 5.03. The molecule has 3 rings (SSSR count). The van der Waals surface area contributed by atoms with E-state index in [0.717, 1.165) is 23.0 Å². The fourth-order valence-electron chi connectivity index (χ4n) is 2.34. The maximum Gasteiger partial charge on any atom is 0.264 e. The van der Waals surface area contributed by atoms with Gasteiger partial charge in [-0.15, -0.1) is 10.2 Å². The third kappa shape index (κ3) is 5.39. The van der Waals surface area contributed by atoms with Crippen LogP contribution >= 0.6 is 23.4 Å². The summed E-state index contributed by atoms with van der Waals surface area (Å²) in [6.45, 7) is 1.84. The molecule has 0 aliphatic heterocycles. The number of halogens is 1. The minimum atomic E-state index is -0.273. The normalized spacial score (nSPS) is 11.2. The van der Waals surface area contributed by atoms with Gasteiger partial charge in [0.15, 0.2) is 0 Å². The topological polar surface area (TPSA) is 132 Å². The van der Waals surface area contributed by atoms with Crippen molar-refractivity contribution in [1.29, 1.82) is 0 Å². The number of pyridine rings is 1. The number of carbonyl (C=O) groups is 1. The van der Waals surface area contributed by atoms with Gasteiger partial charge in [0.05, 0.1) is 24.3 Å². The third-order valence-electron chi connectivity index (χ3n) is 3.85. The fourth-order valence-corrected chi connectivity index (χ4v) is 3.17. The molecule has 0 aliphatic rings. The van der Waals surface area contributed by atoms with Gasteiger partial charge in [-0.25, -0.2) is 10.1 Å². The molecule has 0 unspecified atom stereocenters. The molecule has 0 spiro atoms. The van der Waals surface area contributed by atoms with Crippen LogP contribution in [0.25, 0.3) is 0 Å². The van der Waals surface area contributed by atoms with Crippen molar-refractivity contribution < 1.29 is 9.53 Å². The van der Waals surface area contributed by atoms with Gasteiger partial charge in [-0.3, -0.25) is 9.78 Å². The summed E-state index contributed by atoms with van der Waals surface area (Å²) >= 11 is 7.10. The summed E-state index contributed by atoms with van der Waals surface area (Å²) in [5, 5.41) is 15.7. The molecular weight excluding hydrogens is 428 g/mol. The van der Waals surface area contributed by atoms with E-state index in [-0.39, 0.29) is 17.6 Å². The van der Waals surface area contributed by atoms with Crippen LogP contribution in [0.15, 0.2) is 53.0 Å². The van der Waals surface area contributed by atoms with Gasteiger partial charge in [0, 0.05) is 23.0 Å². The standard InChI is InChI=1S/C18H19ClN8O2S/c1-11(12-5-7-21-8-6-12)23-24-17-25-26-18(27(17)20)30-10-16(28)22-14-9-13(19)3-4-15(14)29-2/h3-9H,10,20H2,1-2H3,(H,22,28)(H,24,25)/b23-11+. The van der Waals surface area contributed by atoms with E-state index in [0.29, 0.717) is 21.6 Å². The molecule has 4 N–H and O–H groups in total. The molecular formula is C18H19ClN8O2S. The molecule has 30 heavy (non-hydrogen) atoms. The van der Waals surface area contributed by atoms with Gasteiger partial charge in [0.2, 0.25) is 11.1 Å². The smallest absolute Gasteiger partial charge is 0.264 e. The van der Waals surface area contributed by atoms with Crippen LogP contribution in [0.4, 0.5) is 11.6 Å². The van der Waals surface area contributed by atoms with Crippen molar-refractivity contribution in [3.63, 3.8) is 0 Å². The quantitative estimate of drug-likeness (QED) is 0.208. The Morgan fingerprint density at radius 3 is 2.80 bits per heavy atom. The van der Waals surface area contributed by atoms with E-state index in [9.17, 15) is 4.79 Å². The number of hydrogen-bond donors (Lipinski definition) is 3. The maximum absolute atomic E-state index is 12.3. The lowest BCUT2D eigenvalue weighted by Gasteiger charge is -2.10. The first-order valence-electron chi connectivity index (χ1n) is 8.65. The number of ether oxygens (including phenoxy) is 1. The first-order chi connectivity index (χ1) is 14.5. The van der Waals surface area contributed by atoms with Crippen molar-refractivity contribution in [2.45, 2.75) is 12.1 Å². The number of hydrazone groups is 1. The number of thioether (sulfide) groups is 1. The Hall–Kier alpha value is -3.31. The summed E-state index contributed by atoms with van der Waals surface area (Å²) < 4.78 is 6.44. The Balaban J connectivity index is 1.59. The van der Waals surface area contributed by atoms with Gasteiger partial charge in [-0.1, -0.05) is 23.4 Å². The number of benzene rings is 1. The summed E-state index contributed by atoms with van der Waals surface area (Å²) in [7, 11) is 1.51. The molecule has 3 aromatic rings. The van der Waals surface area contributed by atoms with E-state index in [2.05, 4.69) is 31.0 Å². The predicted molar refractivity (Wildman–Crippen MR) is 118 cm³/mol. The van der Waals surface area contributed by atoms with Crippen LogP contribution in [-0.4, -0.2) is 44.3 Å². The van der Waals surface area contributed by atoms with Gasteiger partial charge in [0.25, 0.3) is 5.95 Å². The second-order valence-electron chi connectivity index (χ2n) is 5.90. The molecule has 0 aliphatic carbocycles. The number of aromatic nitrogens is 4. The minimum absolute atomic E-state index is 0.0598. The molecule has 0 radical (unpaired) electrons. The lowest BCUT2D eigenvalue weighted by atomic mass is 10.2. The van der Waals surface area contributed by atoms with Crippen LogP contribution < -0.4 is 21.3 Å². The zero-order valence-corrected chi connectivity index (χ0v) is 17.7. The van der Waals surface area contributed by atoms with E-state index in [1.54, 1.807) is 30.6 Å².